The van der Waals surface area contributed by atoms with Crippen molar-refractivity contribution >= 4 is 5.69 Å². The molecule has 1 heterocycles. The van der Waals surface area contributed by atoms with Crippen LogP contribution in [0.15, 0.2) is 78.9 Å². The fourth-order valence-corrected chi connectivity index (χ4v) is 3.90. The average Bonchev–Trinajstić information content (AvgIpc) is 2.80. The van der Waals surface area contributed by atoms with Crippen molar-refractivity contribution in [3.8, 4) is 16.9 Å². The van der Waals surface area contributed by atoms with E-state index in [1.165, 1.54) is 22.6 Å². The normalized spacial score (nSPS) is 15.7. The number of nitrogens with zero attached hydrogens (tertiary/aromatic N) is 1. The summed E-state index contributed by atoms with van der Waals surface area (Å²) in [4.78, 5) is 3.63. The van der Waals surface area contributed by atoms with Gasteiger partial charge in [0.05, 0.1) is 26.2 Å². The Hall–Kier alpha value is -2.89. The zero-order valence-electron chi connectivity index (χ0n) is 17.0. The van der Waals surface area contributed by atoms with Gasteiger partial charge in [-0.1, -0.05) is 42.5 Å². The third-order valence-corrected chi connectivity index (χ3v) is 5.59. The highest BCUT2D eigenvalue weighted by Gasteiger charge is 2.23. The molecule has 0 amide bonds. The Labute approximate surface area is 177 Å². The number of aliphatic hydroxyl groups is 1. The van der Waals surface area contributed by atoms with Gasteiger partial charge in [0, 0.05) is 5.69 Å². The lowest BCUT2D eigenvalue weighted by Gasteiger charge is -2.34. The van der Waals surface area contributed by atoms with Crippen LogP contribution in [0.3, 0.4) is 0 Å². The number of anilines is 1. The van der Waals surface area contributed by atoms with Crippen molar-refractivity contribution in [2.45, 2.75) is 6.10 Å². The van der Waals surface area contributed by atoms with E-state index in [4.69, 9.17) is 4.74 Å². The highest BCUT2D eigenvalue weighted by Crippen LogP contribution is 2.22. The first-order valence-corrected chi connectivity index (χ1v) is 10.5. The number of halogens is 1. The van der Waals surface area contributed by atoms with E-state index in [2.05, 4.69) is 17.0 Å². The Bertz CT molecular complexity index is 908. The monoisotopic (exact) mass is 407 g/mol. The number of aliphatic hydroxyl groups excluding tert-OH is 1. The number of rotatable bonds is 7. The standard InChI is InChI=1S/C25H27FN2O2/c26-22-8-10-23(11-9-22)28-16-14-27(15-17-28)18-24(29)19-30-25-12-6-21(7-13-25)20-4-2-1-3-5-20/h1-13,24,29H,14-19H2/p+1/t24-/m0/s1. The molecule has 0 aromatic heterocycles. The summed E-state index contributed by atoms with van der Waals surface area (Å²) in [5.41, 5.74) is 3.37. The number of hydrogen-bond donors (Lipinski definition) is 2. The first-order chi connectivity index (χ1) is 14.7. The average molecular weight is 408 g/mol. The fourth-order valence-electron chi connectivity index (χ4n) is 3.90. The van der Waals surface area contributed by atoms with Crippen LogP contribution < -0.4 is 14.5 Å². The predicted molar refractivity (Wildman–Crippen MR) is 118 cm³/mol. The second-order valence-corrected chi connectivity index (χ2v) is 7.77. The van der Waals surface area contributed by atoms with Gasteiger partial charge in [-0.3, -0.25) is 0 Å². The molecule has 1 atom stereocenters. The lowest BCUT2D eigenvalue weighted by Crippen LogP contribution is -3.16. The van der Waals surface area contributed by atoms with Crippen molar-refractivity contribution in [2.24, 2.45) is 0 Å². The van der Waals surface area contributed by atoms with Gasteiger partial charge in [-0.25, -0.2) is 4.39 Å². The summed E-state index contributed by atoms with van der Waals surface area (Å²) >= 11 is 0. The first-order valence-electron chi connectivity index (χ1n) is 10.5. The van der Waals surface area contributed by atoms with Crippen LogP contribution >= 0.6 is 0 Å². The van der Waals surface area contributed by atoms with E-state index in [0.29, 0.717) is 6.54 Å². The summed E-state index contributed by atoms with van der Waals surface area (Å²) < 4.78 is 18.9. The SMILES string of the molecule is O[C@H](COc1ccc(-c2ccccc2)cc1)C[NH+]1CCN(c2ccc(F)cc2)CC1. The van der Waals surface area contributed by atoms with Crippen molar-refractivity contribution in [1.82, 2.24) is 0 Å². The van der Waals surface area contributed by atoms with Crippen LogP contribution in [0.25, 0.3) is 11.1 Å². The molecule has 5 heteroatoms. The van der Waals surface area contributed by atoms with Gasteiger partial charge in [0.15, 0.2) is 0 Å². The highest BCUT2D eigenvalue weighted by atomic mass is 19.1. The maximum absolute atomic E-state index is 13.1. The van der Waals surface area contributed by atoms with E-state index < -0.39 is 6.10 Å². The van der Waals surface area contributed by atoms with Gasteiger partial charge in [0.25, 0.3) is 0 Å². The van der Waals surface area contributed by atoms with Crippen LogP contribution in [-0.2, 0) is 0 Å². The zero-order chi connectivity index (χ0) is 20.8. The summed E-state index contributed by atoms with van der Waals surface area (Å²) in [6.07, 6.45) is -0.508. The van der Waals surface area contributed by atoms with Crippen molar-refractivity contribution in [3.05, 3.63) is 84.7 Å². The van der Waals surface area contributed by atoms with E-state index in [1.807, 2.05) is 54.6 Å². The number of benzene rings is 3. The third-order valence-electron chi connectivity index (χ3n) is 5.59. The molecule has 0 saturated carbocycles. The lowest BCUT2D eigenvalue weighted by molar-refractivity contribution is -0.903. The molecule has 1 aliphatic heterocycles. The van der Waals surface area contributed by atoms with Gasteiger partial charge in [-0.05, 0) is 47.5 Å². The molecule has 0 unspecified atom stereocenters. The van der Waals surface area contributed by atoms with Gasteiger partial charge in [-0.15, -0.1) is 0 Å². The van der Waals surface area contributed by atoms with E-state index in [-0.39, 0.29) is 12.4 Å². The van der Waals surface area contributed by atoms with Gasteiger partial charge in [0.2, 0.25) is 0 Å². The predicted octanol–water partition coefficient (Wildman–Crippen LogP) is 2.64. The summed E-state index contributed by atoms with van der Waals surface area (Å²) in [5.74, 6) is 0.561. The smallest absolute Gasteiger partial charge is 0.137 e. The molecule has 1 fully saturated rings. The van der Waals surface area contributed by atoms with Crippen molar-refractivity contribution in [3.63, 3.8) is 0 Å². The molecule has 30 heavy (non-hydrogen) atoms. The second-order valence-electron chi connectivity index (χ2n) is 7.77. The topological polar surface area (TPSA) is 37.1 Å². The van der Waals surface area contributed by atoms with Crippen LogP contribution in [0.5, 0.6) is 5.75 Å². The quantitative estimate of drug-likeness (QED) is 0.632. The van der Waals surface area contributed by atoms with Gasteiger partial charge >= 0.3 is 0 Å². The highest BCUT2D eigenvalue weighted by molar-refractivity contribution is 5.63. The first kappa shape index (κ1) is 20.4. The molecule has 0 radical (unpaired) electrons. The van der Waals surface area contributed by atoms with Gasteiger partial charge in [-0.2, -0.15) is 0 Å². The number of hydrogen-bond acceptors (Lipinski definition) is 3. The Morgan fingerprint density at radius 1 is 0.867 bits per heavy atom. The zero-order valence-corrected chi connectivity index (χ0v) is 17.0. The number of quaternary nitrogens is 1. The molecule has 1 aliphatic rings. The van der Waals surface area contributed by atoms with E-state index in [0.717, 1.165) is 43.2 Å². The largest absolute Gasteiger partial charge is 0.491 e. The van der Waals surface area contributed by atoms with E-state index in [9.17, 15) is 9.50 Å². The molecule has 3 aromatic carbocycles. The molecule has 0 aliphatic carbocycles. The van der Waals surface area contributed by atoms with Crippen molar-refractivity contribution in [1.29, 1.82) is 0 Å². The minimum absolute atomic E-state index is 0.208. The molecular formula is C25H28FN2O2+. The summed E-state index contributed by atoms with van der Waals surface area (Å²) in [7, 11) is 0. The van der Waals surface area contributed by atoms with Crippen LogP contribution in [0.2, 0.25) is 0 Å². The molecule has 156 valence electrons. The molecular weight excluding hydrogens is 379 g/mol. The number of ether oxygens (including phenoxy) is 1. The Morgan fingerprint density at radius 3 is 2.17 bits per heavy atom. The summed E-state index contributed by atoms with van der Waals surface area (Å²) in [6.45, 7) is 4.64. The summed E-state index contributed by atoms with van der Waals surface area (Å²) in [5, 5.41) is 10.4. The Kier molecular flexibility index (Phi) is 6.62. The molecule has 2 N–H and O–H groups in total. The number of nitrogens with one attached hydrogen (secondary N) is 1. The molecule has 4 rings (SSSR count). The molecule has 4 nitrogen and oxygen atoms in total. The Balaban J connectivity index is 1.21. The molecule has 0 spiro atoms. The molecule has 0 bridgehead atoms. The van der Waals surface area contributed by atoms with Crippen LogP contribution in [0.4, 0.5) is 10.1 Å². The van der Waals surface area contributed by atoms with Gasteiger partial charge < -0.3 is 19.6 Å². The third kappa shape index (κ3) is 5.38. The van der Waals surface area contributed by atoms with Crippen molar-refractivity contribution < 1.29 is 19.1 Å². The van der Waals surface area contributed by atoms with Crippen LogP contribution in [0, 0.1) is 5.82 Å². The fraction of sp³-hybridized carbons (Fsp3) is 0.280. The van der Waals surface area contributed by atoms with Crippen molar-refractivity contribution in [2.75, 3.05) is 44.2 Å². The van der Waals surface area contributed by atoms with Crippen LogP contribution in [-0.4, -0.2) is 50.5 Å². The minimum atomic E-state index is -0.508. The van der Waals surface area contributed by atoms with E-state index in [1.54, 1.807) is 0 Å². The molecule has 3 aromatic rings. The van der Waals surface area contributed by atoms with Crippen LogP contribution in [0.1, 0.15) is 0 Å². The van der Waals surface area contributed by atoms with E-state index >= 15 is 0 Å². The number of piperazine rings is 1. The molecule has 1 saturated heterocycles. The minimum Gasteiger partial charge on any atom is -0.491 e. The van der Waals surface area contributed by atoms with Gasteiger partial charge in [0.1, 0.15) is 30.8 Å². The summed E-state index contributed by atoms with van der Waals surface area (Å²) in [6, 6.07) is 24.8. The lowest BCUT2D eigenvalue weighted by atomic mass is 10.1. The maximum atomic E-state index is 13.1. The second kappa shape index (κ2) is 9.74. The Morgan fingerprint density at radius 2 is 1.50 bits per heavy atom. The maximum Gasteiger partial charge on any atom is 0.137 e.